The molecule has 0 aliphatic carbocycles. The van der Waals surface area contributed by atoms with Gasteiger partial charge < -0.3 is 33.7 Å². The molecule has 0 saturated carbocycles. The highest BCUT2D eigenvalue weighted by Gasteiger charge is 2.57. The number of nitrogens with zero attached hydrogens (tertiary/aromatic N) is 3. The van der Waals surface area contributed by atoms with E-state index >= 15 is 0 Å². The molecule has 2 bridgehead atoms. The molecule has 48 heavy (non-hydrogen) atoms. The lowest BCUT2D eigenvalue weighted by atomic mass is 9.71. The first kappa shape index (κ1) is 33.6. The van der Waals surface area contributed by atoms with Crippen molar-refractivity contribution in [3.63, 3.8) is 0 Å². The molecule has 5 atom stereocenters. The average Bonchev–Trinajstić information content (AvgIpc) is 3.55. The zero-order valence-electron chi connectivity index (χ0n) is 28.7. The number of rotatable bonds is 9. The Bertz CT molecular complexity index is 1680. The minimum Gasteiger partial charge on any atom is -0.467 e. The highest BCUT2D eigenvalue weighted by atomic mass is 16.7. The Labute approximate surface area is 281 Å². The van der Waals surface area contributed by atoms with E-state index < -0.39 is 18.2 Å². The van der Waals surface area contributed by atoms with Gasteiger partial charge in [-0.25, -0.2) is 4.79 Å². The summed E-state index contributed by atoms with van der Waals surface area (Å²) in [4.78, 5) is 30.5. The second kappa shape index (κ2) is 13.3. The summed E-state index contributed by atoms with van der Waals surface area (Å²) in [6, 6.07) is 3.17. The zero-order valence-corrected chi connectivity index (χ0v) is 28.7. The maximum Gasteiger partial charge on any atom is 0.514 e. The molecule has 1 fully saturated rings. The van der Waals surface area contributed by atoms with Gasteiger partial charge in [-0.15, -0.1) is 0 Å². The third-order valence-corrected chi connectivity index (χ3v) is 10.2. The fraction of sp³-hybridized carbons (Fsp3) is 0.528. The van der Waals surface area contributed by atoms with Crippen LogP contribution in [0.1, 0.15) is 64.9 Å². The van der Waals surface area contributed by atoms with E-state index in [9.17, 15) is 14.9 Å². The van der Waals surface area contributed by atoms with Crippen molar-refractivity contribution in [3.8, 4) is 29.1 Å². The summed E-state index contributed by atoms with van der Waals surface area (Å²) in [5, 5.41) is 14.0. The van der Waals surface area contributed by atoms with E-state index in [-0.39, 0.29) is 56.7 Å². The third-order valence-electron chi connectivity index (χ3n) is 10.2. The van der Waals surface area contributed by atoms with Crippen LogP contribution in [0, 0.1) is 38.0 Å². The zero-order chi connectivity index (χ0) is 34.4. The average molecular weight is 661 g/mol. The second-order valence-corrected chi connectivity index (χ2v) is 13.2. The Morgan fingerprint density at radius 2 is 1.88 bits per heavy atom. The summed E-state index contributed by atoms with van der Waals surface area (Å²) in [5.74, 6) is 1.75. The van der Waals surface area contributed by atoms with E-state index in [0.717, 1.165) is 39.1 Å². The van der Waals surface area contributed by atoms with Crippen molar-refractivity contribution < 1.29 is 38.0 Å². The number of benzene rings is 2. The van der Waals surface area contributed by atoms with E-state index in [4.69, 9.17) is 28.4 Å². The van der Waals surface area contributed by atoms with Gasteiger partial charge in [-0.2, -0.15) is 5.26 Å². The Morgan fingerprint density at radius 3 is 2.56 bits per heavy atom. The Balaban J connectivity index is 1.59. The molecule has 2 aromatic carbocycles. The number of likely N-dealkylation sites (N-methyl/N-ethyl adjacent to an activating group) is 1. The Hall–Kier alpha value is -4.31. The summed E-state index contributed by atoms with van der Waals surface area (Å²) >= 11 is 0. The molecule has 4 heterocycles. The number of hydrogen-bond donors (Lipinski definition) is 1. The lowest BCUT2D eigenvalue weighted by Gasteiger charge is -2.60. The molecule has 1 unspecified atom stereocenters. The molecular weight excluding hydrogens is 616 g/mol. The predicted molar refractivity (Wildman–Crippen MR) is 175 cm³/mol. The number of carbonyl (C=O) groups is 2. The first-order chi connectivity index (χ1) is 23.0. The van der Waals surface area contributed by atoms with Gasteiger partial charge >= 0.3 is 6.16 Å². The molecule has 256 valence electrons. The number of fused-ring (bicyclic) bond motifs is 9. The Morgan fingerprint density at radius 1 is 1.12 bits per heavy atom. The van der Waals surface area contributed by atoms with Gasteiger partial charge in [0, 0.05) is 53.9 Å². The molecule has 12 heteroatoms. The van der Waals surface area contributed by atoms with Gasteiger partial charge in [0.15, 0.2) is 18.3 Å². The van der Waals surface area contributed by atoms with Crippen LogP contribution in [0.4, 0.5) is 4.79 Å². The third kappa shape index (κ3) is 5.44. The fourth-order valence-corrected chi connectivity index (χ4v) is 7.96. The molecule has 6 rings (SSSR count). The molecule has 0 spiro atoms. The molecule has 0 radical (unpaired) electrons. The van der Waals surface area contributed by atoms with Crippen LogP contribution >= 0.6 is 0 Å². The van der Waals surface area contributed by atoms with Crippen LogP contribution in [-0.2, 0) is 27.1 Å². The number of nitrogens with one attached hydrogen (secondary N) is 1. The van der Waals surface area contributed by atoms with E-state index in [1.54, 1.807) is 7.11 Å². The fourth-order valence-electron chi connectivity index (χ4n) is 7.96. The molecule has 2 aromatic rings. The van der Waals surface area contributed by atoms with Crippen molar-refractivity contribution >= 4 is 12.1 Å². The number of carbonyl (C=O) groups excluding carboxylic acids is 2. The van der Waals surface area contributed by atoms with Gasteiger partial charge in [-0.1, -0.05) is 32.6 Å². The van der Waals surface area contributed by atoms with E-state index in [0.29, 0.717) is 35.7 Å². The largest absolute Gasteiger partial charge is 0.514 e. The molecular formula is C36H44N4O8. The first-order valence-corrected chi connectivity index (χ1v) is 16.4. The van der Waals surface area contributed by atoms with Gasteiger partial charge in [0.1, 0.15) is 24.1 Å². The number of nitriles is 1. The molecule has 4 aliphatic heterocycles. The van der Waals surface area contributed by atoms with Crippen LogP contribution in [0.2, 0.25) is 0 Å². The van der Waals surface area contributed by atoms with E-state index in [1.807, 2.05) is 20.8 Å². The number of aryl methyl sites for hydroxylation is 1. The second-order valence-electron chi connectivity index (χ2n) is 13.2. The van der Waals surface area contributed by atoms with Gasteiger partial charge in [0.05, 0.1) is 18.2 Å². The summed E-state index contributed by atoms with van der Waals surface area (Å²) in [6.07, 6.45) is 1.65. The SMILES string of the molecule is C=CCOC(=O)Oc1c(C)c2c(c3c1CC1[C@H]4c5c(cc(C)c(C)c5OCOC)C[C@H]([C@H](C#N)N1[C@H]3CNC(=O)C(C)C)N4C)OCO2. The van der Waals surface area contributed by atoms with Crippen LogP contribution in [0.3, 0.4) is 0 Å². The van der Waals surface area contributed by atoms with Crippen molar-refractivity contribution in [1.82, 2.24) is 15.1 Å². The lowest BCUT2D eigenvalue weighted by Crippen LogP contribution is -2.68. The smallest absolute Gasteiger partial charge is 0.467 e. The van der Waals surface area contributed by atoms with Crippen molar-refractivity contribution in [2.75, 3.05) is 40.9 Å². The molecule has 0 aromatic heterocycles. The van der Waals surface area contributed by atoms with Crippen molar-refractivity contribution in [3.05, 3.63) is 57.7 Å². The summed E-state index contributed by atoms with van der Waals surface area (Å²) < 4.78 is 34.9. The number of methoxy groups -OCH3 is 1. The van der Waals surface area contributed by atoms with Gasteiger partial charge in [0.25, 0.3) is 0 Å². The number of amides is 1. The minimum atomic E-state index is -0.869. The van der Waals surface area contributed by atoms with E-state index in [2.05, 4.69) is 54.7 Å². The number of hydrogen-bond acceptors (Lipinski definition) is 11. The van der Waals surface area contributed by atoms with Crippen molar-refractivity contribution in [2.24, 2.45) is 5.92 Å². The van der Waals surface area contributed by atoms with Crippen molar-refractivity contribution in [1.29, 1.82) is 5.26 Å². The lowest BCUT2D eigenvalue weighted by molar-refractivity contribution is -0.125. The maximum atomic E-state index is 13.1. The van der Waals surface area contributed by atoms with Gasteiger partial charge in [0.2, 0.25) is 12.7 Å². The molecule has 4 aliphatic rings. The quantitative estimate of drug-likeness (QED) is 0.176. The summed E-state index contributed by atoms with van der Waals surface area (Å²) in [7, 11) is 3.66. The van der Waals surface area contributed by atoms with Crippen molar-refractivity contribution in [2.45, 2.75) is 77.7 Å². The van der Waals surface area contributed by atoms with Crippen LogP contribution in [0.15, 0.2) is 18.7 Å². The van der Waals surface area contributed by atoms with Gasteiger partial charge in [-0.3, -0.25) is 14.6 Å². The normalized spacial score (nSPS) is 23.8. The highest BCUT2D eigenvalue weighted by Crippen LogP contribution is 2.58. The maximum absolute atomic E-state index is 13.1. The van der Waals surface area contributed by atoms with Crippen LogP contribution in [-0.4, -0.2) is 80.9 Å². The number of ether oxygens (including phenoxy) is 6. The summed E-state index contributed by atoms with van der Waals surface area (Å²) in [6.45, 7) is 13.5. The highest BCUT2D eigenvalue weighted by molar-refractivity contribution is 5.78. The predicted octanol–water partition coefficient (Wildman–Crippen LogP) is 4.57. The summed E-state index contributed by atoms with van der Waals surface area (Å²) in [5.41, 5.74) is 6.41. The monoisotopic (exact) mass is 660 g/mol. The molecule has 1 N–H and O–H groups in total. The van der Waals surface area contributed by atoms with Crippen LogP contribution < -0.4 is 24.3 Å². The molecule has 1 amide bonds. The Kier molecular flexibility index (Phi) is 9.31. The number of piperazine rings is 1. The minimum absolute atomic E-state index is 0.0106. The molecule has 1 saturated heterocycles. The topological polar surface area (TPSA) is 132 Å². The van der Waals surface area contributed by atoms with Crippen LogP contribution in [0.5, 0.6) is 23.0 Å². The van der Waals surface area contributed by atoms with Gasteiger partial charge in [-0.05, 0) is 57.4 Å². The van der Waals surface area contributed by atoms with E-state index in [1.165, 1.54) is 6.08 Å². The van der Waals surface area contributed by atoms with Crippen LogP contribution in [0.25, 0.3) is 0 Å². The first-order valence-electron chi connectivity index (χ1n) is 16.4. The molecule has 12 nitrogen and oxygen atoms in total. The standard InChI is InChI=1S/C36H44N4O8/c1-9-10-44-36(42)48-31-21(6)33-34(47-17-46-33)29-23(31)13-25-30-28-22(11-19(4)20(5)32(28)45-16-43-8)12-24(39(30)7)26(14-37)40(25)27(29)15-38-35(41)18(2)3/h9,11,18,24-27,30H,1,10,12-13,15-17H2,2-8H3,(H,38,41)/t24-,25?,26+,27+,30+/m1/s1.